The second-order valence-electron chi connectivity index (χ2n) is 4.72. The number of hydrogen-bond donors (Lipinski definition) is 1. The van der Waals surface area contributed by atoms with Crippen molar-refractivity contribution in [3.8, 4) is 0 Å². The number of hydrogen-bond acceptors (Lipinski definition) is 3. The topological polar surface area (TPSA) is 47.1 Å². The molecule has 0 radical (unpaired) electrons. The summed E-state index contributed by atoms with van der Waals surface area (Å²) in [5.41, 5.74) is 6.99. The van der Waals surface area contributed by atoms with Crippen molar-refractivity contribution in [1.82, 2.24) is 14.7 Å². The van der Waals surface area contributed by atoms with Crippen LogP contribution in [-0.4, -0.2) is 33.8 Å². The molecule has 1 saturated carbocycles. The van der Waals surface area contributed by atoms with Gasteiger partial charge in [0.15, 0.2) is 0 Å². The first-order valence-electron chi connectivity index (χ1n) is 6.21. The van der Waals surface area contributed by atoms with E-state index in [0.717, 1.165) is 25.7 Å². The van der Waals surface area contributed by atoms with Crippen LogP contribution in [0.2, 0.25) is 0 Å². The van der Waals surface area contributed by atoms with Crippen molar-refractivity contribution >= 4 is 0 Å². The van der Waals surface area contributed by atoms with E-state index in [1.54, 1.807) is 0 Å². The summed E-state index contributed by atoms with van der Waals surface area (Å²) in [5.74, 6) is 0. The normalized spacial score (nSPS) is 17.4. The molecule has 16 heavy (non-hydrogen) atoms. The van der Waals surface area contributed by atoms with Crippen LogP contribution in [0.4, 0.5) is 0 Å². The molecule has 1 aliphatic rings. The smallest absolute Gasteiger partial charge is 0.0534 e. The molecule has 0 atom stereocenters. The molecule has 0 unspecified atom stereocenters. The van der Waals surface area contributed by atoms with Crippen LogP contribution in [0.1, 0.15) is 31.2 Å². The Balaban J connectivity index is 1.96. The number of aryl methyl sites for hydroxylation is 1. The average molecular weight is 222 g/mol. The fourth-order valence-corrected chi connectivity index (χ4v) is 2.61. The number of rotatable bonds is 5. The van der Waals surface area contributed by atoms with Gasteiger partial charge in [0, 0.05) is 44.5 Å². The molecule has 1 aromatic heterocycles. The van der Waals surface area contributed by atoms with E-state index in [1.165, 1.54) is 31.2 Å². The maximum atomic E-state index is 5.69. The molecule has 0 saturated heterocycles. The second-order valence-corrected chi connectivity index (χ2v) is 4.72. The summed E-state index contributed by atoms with van der Waals surface area (Å²) >= 11 is 0. The van der Waals surface area contributed by atoms with Crippen molar-refractivity contribution in [2.24, 2.45) is 12.8 Å². The lowest BCUT2D eigenvalue weighted by Gasteiger charge is -2.27. The largest absolute Gasteiger partial charge is 0.329 e. The van der Waals surface area contributed by atoms with Crippen molar-refractivity contribution in [3.63, 3.8) is 0 Å². The standard InChI is InChI=1S/C12H22N4/c1-15-9-11(8-14-15)10-16(7-6-13)12-4-2-3-5-12/h8-9,12H,2-7,10,13H2,1H3. The lowest BCUT2D eigenvalue weighted by Crippen LogP contribution is -2.36. The quantitative estimate of drug-likeness (QED) is 0.812. The van der Waals surface area contributed by atoms with Crippen LogP contribution in [0.25, 0.3) is 0 Å². The molecule has 0 amide bonds. The molecule has 1 heterocycles. The third-order valence-corrected chi connectivity index (χ3v) is 3.40. The molecular weight excluding hydrogens is 200 g/mol. The van der Waals surface area contributed by atoms with Crippen LogP contribution >= 0.6 is 0 Å². The van der Waals surface area contributed by atoms with Gasteiger partial charge in [-0.15, -0.1) is 0 Å². The zero-order valence-electron chi connectivity index (χ0n) is 10.1. The van der Waals surface area contributed by atoms with Gasteiger partial charge in [-0.25, -0.2) is 0 Å². The first-order chi connectivity index (χ1) is 7.79. The van der Waals surface area contributed by atoms with Gasteiger partial charge in [-0.1, -0.05) is 12.8 Å². The number of nitrogens with two attached hydrogens (primary N) is 1. The highest BCUT2D eigenvalue weighted by Gasteiger charge is 2.22. The van der Waals surface area contributed by atoms with Gasteiger partial charge in [0.1, 0.15) is 0 Å². The van der Waals surface area contributed by atoms with Gasteiger partial charge in [0.2, 0.25) is 0 Å². The van der Waals surface area contributed by atoms with Crippen LogP contribution < -0.4 is 5.73 Å². The van der Waals surface area contributed by atoms with Crippen LogP contribution in [0.3, 0.4) is 0 Å². The Hall–Kier alpha value is -0.870. The van der Waals surface area contributed by atoms with Gasteiger partial charge in [-0.2, -0.15) is 5.10 Å². The molecule has 2 N–H and O–H groups in total. The number of nitrogens with zero attached hydrogens (tertiary/aromatic N) is 3. The average Bonchev–Trinajstić information content (AvgIpc) is 2.88. The Morgan fingerprint density at radius 3 is 2.81 bits per heavy atom. The second kappa shape index (κ2) is 5.46. The summed E-state index contributed by atoms with van der Waals surface area (Å²) in [7, 11) is 1.96. The minimum atomic E-state index is 0.740. The third kappa shape index (κ3) is 2.83. The molecule has 0 aromatic carbocycles. The molecule has 1 aliphatic carbocycles. The highest BCUT2D eigenvalue weighted by Crippen LogP contribution is 2.24. The molecule has 90 valence electrons. The highest BCUT2D eigenvalue weighted by atomic mass is 15.2. The maximum absolute atomic E-state index is 5.69. The predicted molar refractivity (Wildman–Crippen MR) is 64.9 cm³/mol. The minimum absolute atomic E-state index is 0.740. The van der Waals surface area contributed by atoms with Crippen molar-refractivity contribution in [2.45, 2.75) is 38.3 Å². The first kappa shape index (κ1) is 11.6. The Morgan fingerprint density at radius 1 is 1.50 bits per heavy atom. The van der Waals surface area contributed by atoms with Gasteiger partial charge in [-0.05, 0) is 12.8 Å². The van der Waals surface area contributed by atoms with E-state index in [4.69, 9.17) is 5.73 Å². The van der Waals surface area contributed by atoms with E-state index in [0.29, 0.717) is 0 Å². The lowest BCUT2D eigenvalue weighted by atomic mass is 10.2. The van der Waals surface area contributed by atoms with Crippen molar-refractivity contribution in [1.29, 1.82) is 0 Å². The molecule has 1 fully saturated rings. The number of aromatic nitrogens is 2. The summed E-state index contributed by atoms with van der Waals surface area (Å²) in [5, 5.41) is 4.22. The molecule has 0 bridgehead atoms. The van der Waals surface area contributed by atoms with Gasteiger partial charge in [0.25, 0.3) is 0 Å². The predicted octanol–water partition coefficient (Wildman–Crippen LogP) is 1.12. The molecule has 4 nitrogen and oxygen atoms in total. The zero-order valence-corrected chi connectivity index (χ0v) is 10.1. The third-order valence-electron chi connectivity index (χ3n) is 3.40. The highest BCUT2D eigenvalue weighted by molar-refractivity contribution is 5.04. The fourth-order valence-electron chi connectivity index (χ4n) is 2.61. The molecular formula is C12H22N4. The summed E-state index contributed by atoms with van der Waals surface area (Å²) in [6.45, 7) is 2.74. The summed E-state index contributed by atoms with van der Waals surface area (Å²) in [6, 6.07) is 0.740. The Bertz CT molecular complexity index is 315. The van der Waals surface area contributed by atoms with Crippen molar-refractivity contribution in [2.75, 3.05) is 13.1 Å². The lowest BCUT2D eigenvalue weighted by molar-refractivity contribution is 0.195. The SMILES string of the molecule is Cn1cc(CN(CCN)C2CCCC2)cn1. The zero-order chi connectivity index (χ0) is 11.4. The van der Waals surface area contributed by atoms with E-state index < -0.39 is 0 Å². The van der Waals surface area contributed by atoms with Gasteiger partial charge in [-0.3, -0.25) is 9.58 Å². The van der Waals surface area contributed by atoms with E-state index in [1.807, 2.05) is 17.9 Å². The van der Waals surface area contributed by atoms with E-state index in [-0.39, 0.29) is 0 Å². The molecule has 1 aromatic rings. The summed E-state index contributed by atoms with van der Waals surface area (Å²) in [4.78, 5) is 2.52. The minimum Gasteiger partial charge on any atom is -0.329 e. The van der Waals surface area contributed by atoms with Crippen LogP contribution in [-0.2, 0) is 13.6 Å². The van der Waals surface area contributed by atoms with Gasteiger partial charge < -0.3 is 5.73 Å². The van der Waals surface area contributed by atoms with Crippen molar-refractivity contribution < 1.29 is 0 Å². The van der Waals surface area contributed by atoms with Crippen LogP contribution in [0.15, 0.2) is 12.4 Å². The van der Waals surface area contributed by atoms with E-state index in [9.17, 15) is 0 Å². The molecule has 4 heteroatoms. The molecule has 0 aliphatic heterocycles. The summed E-state index contributed by atoms with van der Waals surface area (Å²) < 4.78 is 1.87. The van der Waals surface area contributed by atoms with Gasteiger partial charge >= 0.3 is 0 Å². The first-order valence-corrected chi connectivity index (χ1v) is 6.21. The van der Waals surface area contributed by atoms with E-state index in [2.05, 4.69) is 16.2 Å². The Kier molecular flexibility index (Phi) is 3.96. The molecule has 2 rings (SSSR count). The van der Waals surface area contributed by atoms with Crippen LogP contribution in [0, 0.1) is 0 Å². The van der Waals surface area contributed by atoms with Crippen molar-refractivity contribution in [3.05, 3.63) is 18.0 Å². The Labute approximate surface area is 97.4 Å². The maximum Gasteiger partial charge on any atom is 0.0534 e. The molecule has 0 spiro atoms. The summed E-state index contributed by atoms with van der Waals surface area (Å²) in [6.07, 6.45) is 9.47. The van der Waals surface area contributed by atoms with Gasteiger partial charge in [0.05, 0.1) is 6.20 Å². The van der Waals surface area contributed by atoms with Crippen LogP contribution in [0.5, 0.6) is 0 Å². The van der Waals surface area contributed by atoms with E-state index >= 15 is 0 Å². The Morgan fingerprint density at radius 2 is 2.25 bits per heavy atom. The monoisotopic (exact) mass is 222 g/mol. The fraction of sp³-hybridized carbons (Fsp3) is 0.750.